The summed E-state index contributed by atoms with van der Waals surface area (Å²) in [6.07, 6.45) is 5.25. The van der Waals surface area contributed by atoms with Gasteiger partial charge in [-0.25, -0.2) is 9.18 Å². The van der Waals surface area contributed by atoms with Gasteiger partial charge in [-0.05, 0) is 68.8 Å². The Labute approximate surface area is 158 Å². The Morgan fingerprint density at radius 3 is 2.69 bits per heavy atom. The van der Waals surface area contributed by atoms with E-state index in [2.05, 4.69) is 5.32 Å². The lowest BCUT2D eigenvalue weighted by Crippen LogP contribution is -2.39. The van der Waals surface area contributed by atoms with Gasteiger partial charge in [0.1, 0.15) is 6.26 Å². The molecule has 1 aliphatic heterocycles. The minimum absolute atomic E-state index is 0.0810. The molecule has 1 unspecified atom stereocenters. The van der Waals surface area contributed by atoms with Crippen LogP contribution in [0.3, 0.4) is 0 Å². The van der Waals surface area contributed by atoms with Crippen molar-refractivity contribution in [2.24, 2.45) is 5.92 Å². The van der Waals surface area contributed by atoms with Crippen molar-refractivity contribution in [2.45, 2.75) is 50.5 Å². The van der Waals surface area contributed by atoms with Crippen molar-refractivity contribution >= 4 is 23.0 Å². The van der Waals surface area contributed by atoms with Crippen LogP contribution in [0.15, 0.2) is 23.1 Å². The van der Waals surface area contributed by atoms with Gasteiger partial charge in [-0.2, -0.15) is 0 Å². The van der Waals surface area contributed by atoms with E-state index in [-0.39, 0.29) is 17.1 Å². The van der Waals surface area contributed by atoms with Crippen molar-refractivity contribution in [3.05, 3.63) is 24.0 Å². The number of benzene rings is 1. The molecule has 1 aromatic rings. The molecule has 1 fully saturated rings. The Bertz CT molecular complexity index is 590. The molecule has 1 heterocycles. The van der Waals surface area contributed by atoms with Crippen molar-refractivity contribution in [1.29, 1.82) is 0 Å². The third kappa shape index (κ3) is 6.36. The molecule has 0 aromatic heterocycles. The Hall–Kier alpha value is -1.47. The standard InChI is InChI=1S/C19H29FN2O3S/c1-14(2)25-19(23)22-11-8-15(9-12-22)5-4-10-21-16-6-7-18(26(3)24)17(20)13-16/h6-7,13-15,21H,4-5,8-12H2,1-3H3. The van der Waals surface area contributed by atoms with E-state index in [1.54, 1.807) is 17.0 Å². The van der Waals surface area contributed by atoms with Gasteiger partial charge in [-0.15, -0.1) is 0 Å². The first-order valence-electron chi connectivity index (χ1n) is 9.19. The Kier molecular flexibility index (Phi) is 8.03. The van der Waals surface area contributed by atoms with Gasteiger partial charge >= 0.3 is 6.09 Å². The minimum atomic E-state index is -1.31. The number of carbonyl (C=O) groups is 1. The van der Waals surface area contributed by atoms with Gasteiger partial charge in [0.25, 0.3) is 0 Å². The van der Waals surface area contributed by atoms with Crippen LogP contribution in [0.1, 0.15) is 39.5 Å². The summed E-state index contributed by atoms with van der Waals surface area (Å²) in [5, 5.41) is 3.22. The molecule has 1 saturated heterocycles. The van der Waals surface area contributed by atoms with Gasteiger partial charge in [-0.3, -0.25) is 0 Å². The number of carbonyl (C=O) groups excluding carboxylic acids is 1. The molecule has 0 radical (unpaired) electrons. The van der Waals surface area contributed by atoms with Gasteiger partial charge in [0.15, 0.2) is 10.7 Å². The average molecular weight is 385 g/mol. The van der Waals surface area contributed by atoms with E-state index < -0.39 is 17.0 Å². The number of piperidine rings is 1. The van der Waals surface area contributed by atoms with Crippen LogP contribution >= 0.6 is 0 Å². The largest absolute Gasteiger partial charge is 0.612 e. The summed E-state index contributed by atoms with van der Waals surface area (Å²) in [7, 11) is 0. The first-order valence-corrected chi connectivity index (χ1v) is 10.7. The summed E-state index contributed by atoms with van der Waals surface area (Å²) >= 11 is -1.31. The maximum absolute atomic E-state index is 13.8. The molecule has 7 heteroatoms. The zero-order valence-corrected chi connectivity index (χ0v) is 16.6. The Morgan fingerprint density at radius 2 is 2.12 bits per heavy atom. The predicted octanol–water partition coefficient (Wildman–Crippen LogP) is 4.01. The van der Waals surface area contributed by atoms with E-state index in [0.29, 0.717) is 11.6 Å². The zero-order valence-electron chi connectivity index (χ0n) is 15.8. The fraction of sp³-hybridized carbons (Fsp3) is 0.632. The highest BCUT2D eigenvalue weighted by atomic mass is 32.2. The lowest BCUT2D eigenvalue weighted by atomic mass is 9.92. The van der Waals surface area contributed by atoms with Crippen molar-refractivity contribution in [2.75, 3.05) is 31.2 Å². The highest BCUT2D eigenvalue weighted by Gasteiger charge is 2.23. The lowest BCUT2D eigenvalue weighted by molar-refractivity contribution is 0.0647. The number of likely N-dealkylation sites (tertiary alicyclic amines) is 1. The molecule has 0 saturated carbocycles. The highest BCUT2D eigenvalue weighted by Crippen LogP contribution is 2.23. The van der Waals surface area contributed by atoms with Gasteiger partial charge in [-0.1, -0.05) is 0 Å². The molecule has 5 nitrogen and oxygen atoms in total. The lowest BCUT2D eigenvalue weighted by Gasteiger charge is -2.31. The van der Waals surface area contributed by atoms with Crippen LogP contribution in [0.25, 0.3) is 0 Å². The molecular weight excluding hydrogens is 355 g/mol. The SMILES string of the molecule is CC(C)OC(=O)N1CCC(CCCNc2ccc([S+](C)[O-])c(F)c2)CC1. The molecule has 1 atom stereocenters. The van der Waals surface area contributed by atoms with Gasteiger partial charge in [0.05, 0.1) is 6.10 Å². The maximum atomic E-state index is 13.8. The smallest absolute Gasteiger partial charge is 0.410 e. The monoisotopic (exact) mass is 384 g/mol. The number of amides is 1. The normalized spacial score (nSPS) is 16.6. The van der Waals surface area contributed by atoms with Crippen LogP contribution < -0.4 is 5.32 Å². The molecule has 1 N–H and O–H groups in total. The minimum Gasteiger partial charge on any atom is -0.612 e. The van der Waals surface area contributed by atoms with Crippen LogP contribution in [0, 0.1) is 11.7 Å². The number of nitrogens with one attached hydrogen (secondary N) is 1. The van der Waals surface area contributed by atoms with E-state index in [1.165, 1.54) is 12.3 Å². The van der Waals surface area contributed by atoms with Gasteiger partial charge in [0.2, 0.25) is 0 Å². The number of ether oxygens (including phenoxy) is 1. The van der Waals surface area contributed by atoms with Crippen molar-refractivity contribution in [1.82, 2.24) is 4.90 Å². The molecule has 146 valence electrons. The van der Waals surface area contributed by atoms with Crippen molar-refractivity contribution < 1.29 is 18.5 Å². The zero-order chi connectivity index (χ0) is 19.1. The summed E-state index contributed by atoms with van der Waals surface area (Å²) < 4.78 is 30.4. The number of nitrogens with zero attached hydrogens (tertiary/aromatic N) is 1. The van der Waals surface area contributed by atoms with E-state index >= 15 is 0 Å². The number of halogens is 1. The van der Waals surface area contributed by atoms with Gasteiger partial charge < -0.3 is 19.5 Å². The summed E-state index contributed by atoms with van der Waals surface area (Å²) in [5.41, 5.74) is 0.711. The van der Waals surface area contributed by atoms with Crippen LogP contribution in [0.2, 0.25) is 0 Å². The molecule has 0 aliphatic carbocycles. The number of hydrogen-bond acceptors (Lipinski definition) is 4. The van der Waals surface area contributed by atoms with Crippen LogP contribution in [0.5, 0.6) is 0 Å². The van der Waals surface area contributed by atoms with Crippen molar-refractivity contribution in [3.8, 4) is 0 Å². The van der Waals surface area contributed by atoms with Gasteiger partial charge in [0, 0.05) is 31.4 Å². The molecular formula is C19H29FN2O3S. The molecule has 2 rings (SSSR count). The first-order chi connectivity index (χ1) is 12.4. The summed E-state index contributed by atoms with van der Waals surface area (Å²) in [6, 6.07) is 4.73. The first kappa shape index (κ1) is 20.8. The van der Waals surface area contributed by atoms with Crippen LogP contribution in [-0.2, 0) is 15.9 Å². The highest BCUT2D eigenvalue weighted by molar-refractivity contribution is 7.90. The summed E-state index contributed by atoms with van der Waals surface area (Å²) in [4.78, 5) is 13.9. The van der Waals surface area contributed by atoms with Crippen LogP contribution in [-0.4, -0.2) is 47.5 Å². The molecule has 1 aliphatic rings. The maximum Gasteiger partial charge on any atom is 0.410 e. The Balaban J connectivity index is 1.65. The second-order valence-electron chi connectivity index (χ2n) is 7.03. The molecule has 1 amide bonds. The third-order valence-corrected chi connectivity index (χ3v) is 5.52. The quantitative estimate of drug-likeness (QED) is 0.570. The molecule has 26 heavy (non-hydrogen) atoms. The number of anilines is 1. The summed E-state index contributed by atoms with van der Waals surface area (Å²) in [6.45, 7) is 6.00. The fourth-order valence-corrected chi connectivity index (χ4v) is 3.74. The second-order valence-corrected chi connectivity index (χ2v) is 8.38. The number of hydrogen-bond donors (Lipinski definition) is 1. The number of rotatable bonds is 7. The summed E-state index contributed by atoms with van der Waals surface area (Å²) in [5.74, 6) is 0.179. The average Bonchev–Trinajstić information content (AvgIpc) is 2.58. The Morgan fingerprint density at radius 1 is 1.42 bits per heavy atom. The van der Waals surface area contributed by atoms with Crippen molar-refractivity contribution in [3.63, 3.8) is 0 Å². The predicted molar refractivity (Wildman–Crippen MR) is 102 cm³/mol. The van der Waals surface area contributed by atoms with E-state index in [0.717, 1.165) is 45.3 Å². The topological polar surface area (TPSA) is 64.6 Å². The van der Waals surface area contributed by atoms with Crippen LogP contribution in [0.4, 0.5) is 14.9 Å². The molecule has 0 spiro atoms. The van der Waals surface area contributed by atoms with E-state index in [1.807, 2.05) is 13.8 Å². The van der Waals surface area contributed by atoms with E-state index in [9.17, 15) is 13.7 Å². The fourth-order valence-electron chi connectivity index (χ4n) is 3.15. The molecule has 0 bridgehead atoms. The molecule has 1 aromatic carbocycles. The second kappa shape index (κ2) is 10.0. The third-order valence-electron chi connectivity index (χ3n) is 4.57. The van der Waals surface area contributed by atoms with E-state index in [4.69, 9.17) is 4.74 Å².